The second-order valence-electron chi connectivity index (χ2n) is 7.95. The number of rotatable bonds is 9. The first-order valence-electron chi connectivity index (χ1n) is 11.1. The fourth-order valence-electron chi connectivity index (χ4n) is 3.86. The third-order valence-electron chi connectivity index (χ3n) is 5.51. The highest BCUT2D eigenvalue weighted by Crippen LogP contribution is 2.34. The molecule has 182 valence electrons. The van der Waals surface area contributed by atoms with Crippen LogP contribution in [0.4, 0.5) is 5.69 Å². The number of carbonyl (C=O) groups is 4. The normalized spacial score (nSPS) is 16.7. The molecule has 2 aromatic carbocycles. The highest BCUT2D eigenvalue weighted by Gasteiger charge is 2.44. The Bertz CT molecular complexity index is 1170. The quantitative estimate of drug-likeness (QED) is 0.429. The first-order chi connectivity index (χ1) is 16.9. The van der Waals surface area contributed by atoms with Gasteiger partial charge in [-0.3, -0.25) is 14.4 Å². The maximum Gasteiger partial charge on any atom is 0.328 e. The highest BCUT2D eigenvalue weighted by molar-refractivity contribution is 6.23. The van der Waals surface area contributed by atoms with Crippen molar-refractivity contribution in [3.63, 3.8) is 0 Å². The largest absolute Gasteiger partial charge is 0.494 e. The molecule has 10 nitrogen and oxygen atoms in total. The number of fused-ring (bicyclic) bond motifs is 1. The van der Waals surface area contributed by atoms with Gasteiger partial charge < -0.3 is 24.2 Å². The van der Waals surface area contributed by atoms with Gasteiger partial charge in [0.25, 0.3) is 5.91 Å². The molecule has 0 aliphatic carbocycles. The Hall–Kier alpha value is -4.34. The number of carbonyl (C=O) groups excluding carboxylic acids is 3. The van der Waals surface area contributed by atoms with Crippen LogP contribution in [0.5, 0.6) is 17.2 Å². The van der Waals surface area contributed by atoms with E-state index in [9.17, 15) is 19.2 Å². The number of anilines is 1. The van der Waals surface area contributed by atoms with E-state index in [2.05, 4.69) is 0 Å². The second kappa shape index (κ2) is 10.3. The van der Waals surface area contributed by atoms with Gasteiger partial charge in [0.15, 0.2) is 11.5 Å². The molecule has 1 N–H and O–H groups in total. The lowest BCUT2D eigenvalue weighted by atomic mass is 10.1. The standard InChI is InChI=1S/C25H24N2O8/c1-2-11-33-18-6-4-17(5-7-18)27-23(29)13-19(25(27)32)26(22(28)9-10-24(30)31)14-16-3-8-20-21(12-16)35-15-34-20/h3-10,12,19H,2,11,13-15H2,1H3,(H,30,31). The summed E-state index contributed by atoms with van der Waals surface area (Å²) in [4.78, 5) is 52.3. The number of carboxylic acids is 1. The molecule has 2 aromatic rings. The Kier molecular flexibility index (Phi) is 7.00. The molecule has 2 aliphatic heterocycles. The lowest BCUT2D eigenvalue weighted by Crippen LogP contribution is -2.44. The van der Waals surface area contributed by atoms with Crippen molar-refractivity contribution < 1.29 is 38.5 Å². The minimum atomic E-state index is -1.30. The van der Waals surface area contributed by atoms with Crippen LogP contribution in [0.15, 0.2) is 54.6 Å². The molecule has 1 fully saturated rings. The Labute approximate surface area is 201 Å². The molecule has 0 saturated carbocycles. The molecular weight excluding hydrogens is 456 g/mol. The molecule has 2 heterocycles. The van der Waals surface area contributed by atoms with Gasteiger partial charge in [-0.1, -0.05) is 13.0 Å². The van der Waals surface area contributed by atoms with Crippen LogP contribution in [0.1, 0.15) is 25.3 Å². The van der Waals surface area contributed by atoms with Gasteiger partial charge >= 0.3 is 5.97 Å². The van der Waals surface area contributed by atoms with Gasteiger partial charge in [0, 0.05) is 18.7 Å². The molecule has 1 saturated heterocycles. The zero-order valence-electron chi connectivity index (χ0n) is 19.0. The summed E-state index contributed by atoms with van der Waals surface area (Å²) in [6.45, 7) is 2.57. The summed E-state index contributed by atoms with van der Waals surface area (Å²) in [5, 5.41) is 8.94. The first-order valence-corrected chi connectivity index (χ1v) is 11.1. The molecular formula is C25H24N2O8. The van der Waals surface area contributed by atoms with E-state index in [1.807, 2.05) is 6.92 Å². The molecule has 3 amide bonds. The number of imide groups is 1. The molecule has 0 radical (unpaired) electrons. The van der Waals surface area contributed by atoms with Crippen LogP contribution in [0, 0.1) is 0 Å². The minimum absolute atomic E-state index is 0.0409. The zero-order chi connectivity index (χ0) is 24.9. The number of hydrogen-bond donors (Lipinski definition) is 1. The van der Waals surface area contributed by atoms with E-state index >= 15 is 0 Å². The van der Waals surface area contributed by atoms with E-state index in [4.69, 9.17) is 19.3 Å². The number of amides is 3. The Morgan fingerprint density at radius 2 is 1.86 bits per heavy atom. The summed E-state index contributed by atoms with van der Waals surface area (Å²) in [5.74, 6) is -1.38. The van der Waals surface area contributed by atoms with Crippen molar-refractivity contribution in [3.8, 4) is 17.2 Å². The monoisotopic (exact) mass is 480 g/mol. The maximum absolute atomic E-state index is 13.3. The van der Waals surface area contributed by atoms with Gasteiger partial charge in [-0.15, -0.1) is 0 Å². The van der Waals surface area contributed by atoms with Gasteiger partial charge in [-0.2, -0.15) is 0 Å². The number of benzene rings is 2. The summed E-state index contributed by atoms with van der Waals surface area (Å²) in [5.41, 5.74) is 0.991. The fourth-order valence-corrected chi connectivity index (χ4v) is 3.86. The Morgan fingerprint density at radius 1 is 1.11 bits per heavy atom. The SMILES string of the molecule is CCCOc1ccc(N2C(=O)CC(N(Cc3ccc4c(c3)OCO4)C(=O)C=CC(=O)O)C2=O)cc1. The van der Waals surface area contributed by atoms with Crippen LogP contribution < -0.4 is 19.1 Å². The van der Waals surface area contributed by atoms with E-state index in [0.717, 1.165) is 17.4 Å². The van der Waals surface area contributed by atoms with E-state index in [1.165, 1.54) is 4.90 Å². The fraction of sp³-hybridized carbons (Fsp3) is 0.280. The highest BCUT2D eigenvalue weighted by atomic mass is 16.7. The van der Waals surface area contributed by atoms with Crippen molar-refractivity contribution in [3.05, 3.63) is 60.2 Å². The van der Waals surface area contributed by atoms with Crippen molar-refractivity contribution in [1.82, 2.24) is 4.90 Å². The van der Waals surface area contributed by atoms with Gasteiger partial charge in [-0.05, 0) is 48.4 Å². The summed E-state index contributed by atoms with van der Waals surface area (Å²) in [7, 11) is 0. The molecule has 35 heavy (non-hydrogen) atoms. The van der Waals surface area contributed by atoms with Gasteiger partial charge in [0.05, 0.1) is 18.7 Å². The van der Waals surface area contributed by atoms with Crippen molar-refractivity contribution in [1.29, 1.82) is 0 Å². The van der Waals surface area contributed by atoms with Crippen LogP contribution in [0.25, 0.3) is 0 Å². The summed E-state index contributed by atoms with van der Waals surface area (Å²) >= 11 is 0. The van der Waals surface area contributed by atoms with Gasteiger partial charge in [0.1, 0.15) is 11.8 Å². The van der Waals surface area contributed by atoms with Crippen LogP contribution in [-0.2, 0) is 25.7 Å². The summed E-state index contributed by atoms with van der Waals surface area (Å²) < 4.78 is 16.2. The van der Waals surface area contributed by atoms with Gasteiger partial charge in [-0.25, -0.2) is 9.69 Å². The van der Waals surface area contributed by atoms with E-state index < -0.39 is 29.7 Å². The minimum Gasteiger partial charge on any atom is -0.494 e. The second-order valence-corrected chi connectivity index (χ2v) is 7.95. The van der Waals surface area contributed by atoms with Crippen molar-refractivity contribution in [2.45, 2.75) is 32.4 Å². The number of ether oxygens (including phenoxy) is 3. The Balaban J connectivity index is 1.59. The average molecular weight is 480 g/mol. The van der Waals surface area contributed by atoms with Crippen LogP contribution in [0.3, 0.4) is 0 Å². The number of aliphatic carboxylic acids is 1. The Morgan fingerprint density at radius 3 is 2.57 bits per heavy atom. The third kappa shape index (κ3) is 5.26. The lowest BCUT2D eigenvalue weighted by Gasteiger charge is -2.27. The van der Waals surface area contributed by atoms with Crippen LogP contribution in [-0.4, -0.2) is 53.1 Å². The predicted molar refractivity (Wildman–Crippen MR) is 123 cm³/mol. The predicted octanol–water partition coefficient (Wildman–Crippen LogP) is 2.51. The zero-order valence-corrected chi connectivity index (χ0v) is 19.0. The van der Waals surface area contributed by atoms with Crippen molar-refractivity contribution >= 4 is 29.4 Å². The molecule has 10 heteroatoms. The molecule has 1 atom stereocenters. The summed E-state index contributed by atoms with van der Waals surface area (Å²) in [6.07, 6.45) is 2.18. The van der Waals surface area contributed by atoms with E-state index in [-0.39, 0.29) is 19.8 Å². The molecule has 4 rings (SSSR count). The molecule has 2 aliphatic rings. The number of carboxylic acid groups (broad SMARTS) is 1. The van der Waals surface area contributed by atoms with Crippen molar-refractivity contribution in [2.24, 2.45) is 0 Å². The lowest BCUT2D eigenvalue weighted by molar-refractivity contribution is -0.135. The van der Waals surface area contributed by atoms with Crippen LogP contribution in [0.2, 0.25) is 0 Å². The third-order valence-corrected chi connectivity index (χ3v) is 5.51. The van der Waals surface area contributed by atoms with E-state index in [1.54, 1.807) is 42.5 Å². The molecule has 1 unspecified atom stereocenters. The molecule has 0 aromatic heterocycles. The molecule has 0 bridgehead atoms. The van der Waals surface area contributed by atoms with Gasteiger partial charge in [0.2, 0.25) is 18.6 Å². The topological polar surface area (TPSA) is 123 Å². The number of hydrogen-bond acceptors (Lipinski definition) is 7. The van der Waals surface area contributed by atoms with Crippen LogP contribution >= 0.6 is 0 Å². The smallest absolute Gasteiger partial charge is 0.328 e. The number of nitrogens with zero attached hydrogens (tertiary/aromatic N) is 2. The maximum atomic E-state index is 13.3. The van der Waals surface area contributed by atoms with Crippen molar-refractivity contribution in [2.75, 3.05) is 18.3 Å². The first kappa shape index (κ1) is 23.8. The summed E-state index contributed by atoms with van der Waals surface area (Å²) in [6, 6.07) is 10.5. The molecule has 0 spiro atoms. The van der Waals surface area contributed by atoms with E-state index in [0.29, 0.717) is 41.2 Å². The average Bonchev–Trinajstić information content (AvgIpc) is 3.43.